The van der Waals surface area contributed by atoms with Gasteiger partial charge in [0.05, 0.1) is 9.92 Å². The van der Waals surface area contributed by atoms with Gasteiger partial charge in [0.2, 0.25) is 0 Å². The van der Waals surface area contributed by atoms with E-state index in [1.54, 1.807) is 30.6 Å². The van der Waals surface area contributed by atoms with Gasteiger partial charge in [-0.1, -0.05) is 11.6 Å². The third-order valence-electron chi connectivity index (χ3n) is 3.58. The van der Waals surface area contributed by atoms with Gasteiger partial charge in [0, 0.05) is 41.8 Å². The van der Waals surface area contributed by atoms with Crippen LogP contribution in [0, 0.1) is 11.6 Å². The molecule has 0 saturated heterocycles. The smallest absolute Gasteiger partial charge is 0.256 e. The highest BCUT2D eigenvalue weighted by Crippen LogP contribution is 2.34. The molecule has 0 atom stereocenters. The van der Waals surface area contributed by atoms with Crippen molar-refractivity contribution in [1.29, 1.82) is 0 Å². The van der Waals surface area contributed by atoms with Crippen molar-refractivity contribution in [2.24, 2.45) is 0 Å². The molecule has 0 bridgehead atoms. The van der Waals surface area contributed by atoms with E-state index in [0.29, 0.717) is 28.1 Å². The zero-order valence-electron chi connectivity index (χ0n) is 13.0. The molecule has 0 fully saturated rings. The largest absolute Gasteiger partial charge is 0.325 e. The van der Waals surface area contributed by atoms with Gasteiger partial charge in [-0.15, -0.1) is 0 Å². The van der Waals surface area contributed by atoms with E-state index in [4.69, 9.17) is 11.6 Å². The molecule has 0 aliphatic rings. The van der Waals surface area contributed by atoms with Crippen LogP contribution < -0.4 is 5.32 Å². The molecule has 8 heteroatoms. The quantitative estimate of drug-likeness (QED) is 0.576. The Hall–Kier alpha value is -2.48. The van der Waals surface area contributed by atoms with Gasteiger partial charge in [0.1, 0.15) is 0 Å². The second-order valence-corrected chi connectivity index (χ2v) is 6.27. The maximum atomic E-state index is 13.4. The van der Waals surface area contributed by atoms with Gasteiger partial charge in [-0.05, 0) is 47.5 Å². The summed E-state index contributed by atoms with van der Waals surface area (Å²) in [5.74, 6) is -2.64. The Labute approximate surface area is 157 Å². The minimum absolute atomic E-state index is 0.0997. The summed E-state index contributed by atoms with van der Waals surface area (Å²) < 4.78 is 35.8. The summed E-state index contributed by atoms with van der Waals surface area (Å²) in [6.45, 7) is 0. The van der Waals surface area contributed by atoms with E-state index in [0.717, 1.165) is 12.1 Å². The van der Waals surface area contributed by atoms with Crippen LogP contribution in [0.4, 0.5) is 14.5 Å². The summed E-state index contributed by atoms with van der Waals surface area (Å²) in [7, 11) is 0. The lowest BCUT2D eigenvalue weighted by molar-refractivity contribution is 0.102. The highest BCUT2D eigenvalue weighted by molar-refractivity contribution is 7.93. The molecule has 26 heavy (non-hydrogen) atoms. The topological polar surface area (TPSA) is 62.2 Å². The number of carbonyl (C=O) groups is 1. The Morgan fingerprint density at radius 3 is 2.46 bits per heavy atom. The number of carbonyl (C=O) groups excluding carboxylic acids is 1. The SMILES string of the molecule is O=C(Nc1ccc(F)c(F)c1)c1cc(SO)c(Cl)cc1-c1ccncc1. The number of halogens is 3. The van der Waals surface area contributed by atoms with E-state index < -0.39 is 17.5 Å². The van der Waals surface area contributed by atoms with Crippen LogP contribution in [-0.2, 0) is 0 Å². The standard InChI is InChI=1S/C18H11ClF2N2O2S/c19-14-8-12(10-3-5-22-6-4-10)13(9-17(14)26-25)18(24)23-11-1-2-15(20)16(21)7-11/h1-9,25H,(H,23,24). The summed E-state index contributed by atoms with van der Waals surface area (Å²) in [5, 5.41) is 2.78. The molecule has 1 heterocycles. The zero-order valence-corrected chi connectivity index (χ0v) is 14.6. The summed E-state index contributed by atoms with van der Waals surface area (Å²) in [6.07, 6.45) is 3.13. The van der Waals surface area contributed by atoms with Crippen molar-refractivity contribution in [2.75, 3.05) is 5.32 Å². The normalized spacial score (nSPS) is 10.6. The number of amides is 1. The molecule has 0 saturated carbocycles. The second kappa shape index (κ2) is 7.82. The van der Waals surface area contributed by atoms with E-state index in [2.05, 4.69) is 10.3 Å². The lowest BCUT2D eigenvalue weighted by atomic mass is 10.00. The average molecular weight is 393 g/mol. The van der Waals surface area contributed by atoms with Gasteiger partial charge in [-0.2, -0.15) is 0 Å². The zero-order chi connectivity index (χ0) is 18.7. The average Bonchev–Trinajstić information content (AvgIpc) is 2.65. The molecule has 0 spiro atoms. The van der Waals surface area contributed by atoms with Crippen molar-refractivity contribution in [3.63, 3.8) is 0 Å². The van der Waals surface area contributed by atoms with Crippen LogP contribution in [0.1, 0.15) is 10.4 Å². The minimum Gasteiger partial charge on any atom is -0.325 e. The van der Waals surface area contributed by atoms with Crippen LogP contribution in [0.25, 0.3) is 11.1 Å². The fraction of sp³-hybridized carbons (Fsp3) is 0. The van der Waals surface area contributed by atoms with Crippen molar-refractivity contribution < 1.29 is 18.1 Å². The van der Waals surface area contributed by atoms with Crippen molar-refractivity contribution in [2.45, 2.75) is 4.90 Å². The number of pyridine rings is 1. The Balaban J connectivity index is 2.04. The van der Waals surface area contributed by atoms with Gasteiger partial charge in [0.15, 0.2) is 11.6 Å². The Bertz CT molecular complexity index is 971. The summed E-state index contributed by atoms with van der Waals surface area (Å²) in [5.41, 5.74) is 1.51. The molecule has 0 radical (unpaired) electrons. The highest BCUT2D eigenvalue weighted by atomic mass is 35.5. The molecule has 1 amide bonds. The highest BCUT2D eigenvalue weighted by Gasteiger charge is 2.17. The molecular weight excluding hydrogens is 382 g/mol. The molecule has 0 aliphatic heterocycles. The minimum atomic E-state index is -1.07. The summed E-state index contributed by atoms with van der Waals surface area (Å²) in [4.78, 5) is 16.9. The van der Waals surface area contributed by atoms with Crippen molar-refractivity contribution in [1.82, 2.24) is 4.98 Å². The number of nitrogens with one attached hydrogen (secondary N) is 1. The maximum absolute atomic E-state index is 13.4. The predicted octanol–water partition coefficient (Wildman–Crippen LogP) is 5.50. The van der Waals surface area contributed by atoms with E-state index >= 15 is 0 Å². The van der Waals surface area contributed by atoms with E-state index in [9.17, 15) is 18.1 Å². The number of nitrogens with zero attached hydrogens (tertiary/aromatic N) is 1. The summed E-state index contributed by atoms with van der Waals surface area (Å²) >= 11 is 6.54. The van der Waals surface area contributed by atoms with E-state index in [1.165, 1.54) is 12.1 Å². The number of benzene rings is 2. The van der Waals surface area contributed by atoms with Crippen LogP contribution in [0.2, 0.25) is 5.02 Å². The van der Waals surface area contributed by atoms with Crippen LogP contribution in [0.15, 0.2) is 59.8 Å². The van der Waals surface area contributed by atoms with Gasteiger partial charge in [0.25, 0.3) is 5.91 Å². The van der Waals surface area contributed by atoms with Crippen molar-refractivity contribution >= 4 is 35.2 Å². The number of anilines is 1. The maximum Gasteiger partial charge on any atom is 0.256 e. The van der Waals surface area contributed by atoms with Gasteiger partial charge < -0.3 is 9.87 Å². The number of hydrogen-bond acceptors (Lipinski definition) is 4. The first-order chi connectivity index (χ1) is 12.5. The summed E-state index contributed by atoms with van der Waals surface area (Å²) in [6, 6.07) is 9.44. The molecule has 2 aromatic carbocycles. The molecule has 2 N–H and O–H groups in total. The predicted molar refractivity (Wildman–Crippen MR) is 97.5 cm³/mol. The van der Waals surface area contributed by atoms with Crippen LogP contribution in [-0.4, -0.2) is 15.4 Å². The Morgan fingerprint density at radius 1 is 1.08 bits per heavy atom. The fourth-order valence-electron chi connectivity index (χ4n) is 2.35. The third kappa shape index (κ3) is 3.85. The van der Waals surface area contributed by atoms with Gasteiger partial charge in [-0.3, -0.25) is 9.78 Å². The molecule has 0 aliphatic carbocycles. The molecule has 3 aromatic rings. The van der Waals surface area contributed by atoms with Gasteiger partial charge in [-0.25, -0.2) is 8.78 Å². The molecule has 132 valence electrons. The number of hydrogen-bond donors (Lipinski definition) is 2. The fourth-order valence-corrected chi connectivity index (χ4v) is 2.94. The Kier molecular flexibility index (Phi) is 5.51. The van der Waals surface area contributed by atoms with Crippen LogP contribution in [0.5, 0.6) is 0 Å². The lowest BCUT2D eigenvalue weighted by Gasteiger charge is -2.13. The first kappa shape index (κ1) is 18.3. The number of aromatic nitrogens is 1. The third-order valence-corrected chi connectivity index (χ3v) is 4.54. The van der Waals surface area contributed by atoms with Gasteiger partial charge >= 0.3 is 0 Å². The van der Waals surface area contributed by atoms with E-state index in [-0.39, 0.29) is 16.3 Å². The van der Waals surface area contributed by atoms with E-state index in [1.807, 2.05) is 0 Å². The van der Waals surface area contributed by atoms with Crippen LogP contribution >= 0.6 is 23.6 Å². The lowest BCUT2D eigenvalue weighted by Crippen LogP contribution is -2.14. The Morgan fingerprint density at radius 2 is 1.81 bits per heavy atom. The molecule has 0 unspecified atom stereocenters. The van der Waals surface area contributed by atoms with Crippen LogP contribution in [0.3, 0.4) is 0 Å². The molecule has 4 nitrogen and oxygen atoms in total. The number of rotatable bonds is 4. The molecule has 1 aromatic heterocycles. The monoisotopic (exact) mass is 392 g/mol. The molecular formula is C18H11ClF2N2O2S. The van der Waals surface area contributed by atoms with Crippen molar-refractivity contribution in [3.05, 3.63) is 77.1 Å². The second-order valence-electron chi connectivity index (χ2n) is 5.24. The first-order valence-corrected chi connectivity index (χ1v) is 8.46. The molecule has 3 rings (SSSR count). The first-order valence-electron chi connectivity index (χ1n) is 7.31. The van der Waals surface area contributed by atoms with Crippen molar-refractivity contribution in [3.8, 4) is 11.1 Å².